The van der Waals surface area contributed by atoms with E-state index in [2.05, 4.69) is 182 Å². The summed E-state index contributed by atoms with van der Waals surface area (Å²) < 4.78 is 5.45. The number of hydrogen-bond acceptors (Lipinski definition) is 2. The molecule has 250 valence electrons. The van der Waals surface area contributed by atoms with E-state index in [0.717, 1.165) is 0 Å². The topological polar surface area (TPSA) is 0 Å². The molecule has 0 unspecified atom stereocenters. The molecule has 12 aromatic rings. The largest absolute Gasteiger partial charge is 0.135 e. The van der Waals surface area contributed by atoms with Gasteiger partial charge in [-0.3, -0.25) is 0 Å². The van der Waals surface area contributed by atoms with Crippen LogP contribution in [0.2, 0.25) is 0 Å². The van der Waals surface area contributed by atoms with Crippen molar-refractivity contribution in [1.29, 1.82) is 0 Å². The second kappa shape index (κ2) is 11.6. The lowest BCUT2D eigenvalue weighted by Crippen LogP contribution is -1.92. The van der Waals surface area contributed by atoms with E-state index in [1.807, 2.05) is 22.7 Å². The third-order valence-corrected chi connectivity index (χ3v) is 13.9. The van der Waals surface area contributed by atoms with Gasteiger partial charge in [0, 0.05) is 40.3 Å². The average molecular weight is 719 g/mol. The van der Waals surface area contributed by atoms with Crippen molar-refractivity contribution in [3.8, 4) is 33.4 Å². The molecule has 0 nitrogen and oxygen atoms in total. The van der Waals surface area contributed by atoms with Crippen LogP contribution in [0.15, 0.2) is 182 Å². The maximum atomic E-state index is 2.45. The van der Waals surface area contributed by atoms with Crippen molar-refractivity contribution in [1.82, 2.24) is 0 Å². The van der Waals surface area contributed by atoms with Gasteiger partial charge in [-0.05, 0) is 88.6 Å². The van der Waals surface area contributed by atoms with Gasteiger partial charge in [-0.15, -0.1) is 22.7 Å². The van der Waals surface area contributed by atoms with Crippen LogP contribution >= 0.6 is 22.7 Å². The zero-order chi connectivity index (χ0) is 35.3. The third-order valence-electron chi connectivity index (χ3n) is 11.5. The fourth-order valence-corrected chi connectivity index (χ4v) is 11.7. The second-order valence-corrected chi connectivity index (χ2v) is 16.4. The van der Waals surface area contributed by atoms with Crippen molar-refractivity contribution >= 4 is 106 Å². The van der Waals surface area contributed by atoms with Crippen molar-refractivity contribution in [2.45, 2.75) is 0 Å². The monoisotopic (exact) mass is 718 g/mol. The van der Waals surface area contributed by atoms with Gasteiger partial charge in [-0.25, -0.2) is 0 Å². The summed E-state index contributed by atoms with van der Waals surface area (Å²) in [7, 11) is 0. The van der Waals surface area contributed by atoms with Crippen LogP contribution in [0.1, 0.15) is 0 Å². The van der Waals surface area contributed by atoms with Gasteiger partial charge in [0.15, 0.2) is 0 Å². The summed E-state index contributed by atoms with van der Waals surface area (Å²) in [6.45, 7) is 0. The van der Waals surface area contributed by atoms with E-state index in [1.165, 1.54) is 117 Å². The molecule has 0 aliphatic carbocycles. The number of fused-ring (bicyclic) bond motifs is 12. The molecule has 0 saturated heterocycles. The molecule has 0 radical (unpaired) electrons. The molecule has 54 heavy (non-hydrogen) atoms. The van der Waals surface area contributed by atoms with Crippen molar-refractivity contribution in [3.05, 3.63) is 182 Å². The maximum absolute atomic E-state index is 2.45. The molecule has 0 bridgehead atoms. The Bertz CT molecular complexity index is 3430. The predicted octanol–water partition coefficient (Wildman–Crippen LogP) is 16.0. The third kappa shape index (κ3) is 4.30. The number of thiophene rings is 2. The Hall–Kier alpha value is -6.32. The Balaban J connectivity index is 1.10. The van der Waals surface area contributed by atoms with Gasteiger partial charge in [0.2, 0.25) is 0 Å². The van der Waals surface area contributed by atoms with E-state index in [4.69, 9.17) is 0 Å². The summed E-state index contributed by atoms with van der Waals surface area (Å²) in [6, 6.07) is 67.6. The molecule has 0 saturated carbocycles. The molecule has 2 aromatic heterocycles. The highest BCUT2D eigenvalue weighted by Crippen LogP contribution is 2.49. The van der Waals surface area contributed by atoms with E-state index in [1.54, 1.807) is 0 Å². The number of benzene rings is 10. The van der Waals surface area contributed by atoms with Gasteiger partial charge in [0.05, 0.1) is 0 Å². The van der Waals surface area contributed by atoms with Crippen LogP contribution < -0.4 is 0 Å². The number of rotatable bonds is 3. The van der Waals surface area contributed by atoms with Crippen molar-refractivity contribution in [3.63, 3.8) is 0 Å². The molecule has 2 heteroatoms. The van der Waals surface area contributed by atoms with Gasteiger partial charge in [0.25, 0.3) is 0 Å². The molecule has 0 amide bonds. The minimum atomic E-state index is 1.24. The van der Waals surface area contributed by atoms with E-state index >= 15 is 0 Å². The van der Waals surface area contributed by atoms with Crippen molar-refractivity contribution in [2.24, 2.45) is 0 Å². The average Bonchev–Trinajstić information content (AvgIpc) is 3.81. The second-order valence-electron chi connectivity index (χ2n) is 14.3. The lowest BCUT2D eigenvalue weighted by Gasteiger charge is -2.19. The van der Waals surface area contributed by atoms with Gasteiger partial charge >= 0.3 is 0 Å². The summed E-state index contributed by atoms with van der Waals surface area (Å²) in [6.07, 6.45) is 0. The van der Waals surface area contributed by atoms with Crippen molar-refractivity contribution in [2.75, 3.05) is 0 Å². The zero-order valence-corrected chi connectivity index (χ0v) is 30.8. The first kappa shape index (κ1) is 30.2. The molecule has 10 aromatic carbocycles. The summed E-state index contributed by atoms with van der Waals surface area (Å²) in [5.41, 5.74) is 7.62. The molecule has 0 spiro atoms. The lowest BCUT2D eigenvalue weighted by atomic mass is 9.83. The Morgan fingerprint density at radius 2 is 0.833 bits per heavy atom. The normalized spacial score (nSPS) is 12.1. The van der Waals surface area contributed by atoms with Crippen molar-refractivity contribution < 1.29 is 0 Å². The number of hydrogen-bond donors (Lipinski definition) is 0. The molecule has 2 heterocycles. The van der Waals surface area contributed by atoms with E-state index < -0.39 is 0 Å². The summed E-state index contributed by atoms with van der Waals surface area (Å²) in [5.74, 6) is 0. The van der Waals surface area contributed by atoms with Gasteiger partial charge in [0.1, 0.15) is 0 Å². The summed E-state index contributed by atoms with van der Waals surface area (Å²) in [5, 5.41) is 15.7. The summed E-state index contributed by atoms with van der Waals surface area (Å²) in [4.78, 5) is 0. The van der Waals surface area contributed by atoms with E-state index in [0.29, 0.717) is 0 Å². The summed E-state index contributed by atoms with van der Waals surface area (Å²) >= 11 is 3.87. The zero-order valence-electron chi connectivity index (χ0n) is 29.1. The van der Waals surface area contributed by atoms with Crippen LogP contribution in [-0.2, 0) is 0 Å². The molecule has 0 atom stereocenters. The molecular formula is C52H30S2. The highest BCUT2D eigenvalue weighted by Gasteiger charge is 2.20. The van der Waals surface area contributed by atoms with Gasteiger partial charge in [-0.1, -0.05) is 170 Å². The quantitative estimate of drug-likeness (QED) is 0.160. The first-order valence-corrected chi connectivity index (χ1v) is 20.1. The van der Waals surface area contributed by atoms with Crippen LogP contribution in [0.3, 0.4) is 0 Å². The van der Waals surface area contributed by atoms with Crippen LogP contribution in [-0.4, -0.2) is 0 Å². The fraction of sp³-hybridized carbons (Fsp3) is 0. The Morgan fingerprint density at radius 3 is 1.57 bits per heavy atom. The molecule has 0 aliphatic rings. The van der Waals surface area contributed by atoms with E-state index in [9.17, 15) is 0 Å². The fourth-order valence-electron chi connectivity index (χ4n) is 9.09. The minimum Gasteiger partial charge on any atom is -0.135 e. The Labute approximate surface area is 319 Å². The van der Waals surface area contributed by atoms with Crippen LogP contribution in [0.4, 0.5) is 0 Å². The first-order chi connectivity index (χ1) is 26.8. The van der Waals surface area contributed by atoms with Crippen LogP contribution in [0, 0.1) is 0 Å². The maximum Gasteiger partial charge on any atom is 0.0448 e. The smallest absolute Gasteiger partial charge is 0.0448 e. The van der Waals surface area contributed by atoms with Crippen LogP contribution in [0.25, 0.3) is 117 Å². The highest BCUT2D eigenvalue weighted by atomic mass is 32.1. The van der Waals surface area contributed by atoms with Gasteiger partial charge in [-0.2, -0.15) is 0 Å². The molecule has 0 N–H and O–H groups in total. The predicted molar refractivity (Wildman–Crippen MR) is 239 cm³/mol. The van der Waals surface area contributed by atoms with E-state index in [-0.39, 0.29) is 0 Å². The Kier molecular flexibility index (Phi) is 6.48. The molecule has 12 rings (SSSR count). The molecule has 0 aliphatic heterocycles. The van der Waals surface area contributed by atoms with Gasteiger partial charge < -0.3 is 0 Å². The first-order valence-electron chi connectivity index (χ1n) is 18.5. The molecular weight excluding hydrogens is 689 g/mol. The highest BCUT2D eigenvalue weighted by molar-refractivity contribution is 7.30. The SMILES string of the molecule is c1ccc(-c2ccc(-c3c4ccccc4c(-c4ccc5c(c4)sc4ccc6c7ccc8ccccc8c7sc6c45)c4ccccc34)c3ccccc23)cc1. The Morgan fingerprint density at radius 1 is 0.278 bits per heavy atom. The minimum absolute atomic E-state index is 1.24. The molecule has 0 fully saturated rings. The standard InChI is InChI=1S/C52H30S2/c1-2-12-31(13-3-1)34-26-27-42(37-17-7-6-16-36(34)37)49-40-20-10-8-18-38(40)48(39-19-9-11-21-41(39)49)33-23-25-45-47(30-33)53-46-29-28-44-43-24-22-32-14-4-5-15-35(32)51(43)54-52(44)50(45)46/h1-30H. The lowest BCUT2D eigenvalue weighted by molar-refractivity contribution is 1.64. The van der Waals surface area contributed by atoms with Crippen LogP contribution in [0.5, 0.6) is 0 Å².